The van der Waals surface area contributed by atoms with Crippen LogP contribution in [-0.2, 0) is 20.8 Å². The predicted octanol–water partition coefficient (Wildman–Crippen LogP) is 5.11. The van der Waals surface area contributed by atoms with Crippen molar-refractivity contribution in [2.45, 2.75) is 65.8 Å². The number of benzene rings is 3. The molecule has 0 aliphatic carbocycles. The van der Waals surface area contributed by atoms with Gasteiger partial charge in [0.25, 0.3) is 0 Å². The second-order valence-electron chi connectivity index (χ2n) is 10.5. The van der Waals surface area contributed by atoms with Gasteiger partial charge >= 0.3 is 0 Å². The summed E-state index contributed by atoms with van der Waals surface area (Å²) in [6.07, 6.45) is 7.90. The van der Waals surface area contributed by atoms with Crippen molar-refractivity contribution in [1.29, 1.82) is 0 Å². The molecule has 2 amide bonds. The molecule has 10 heteroatoms. The monoisotopic (exact) mass is 659 g/mol. The smallest absolute Gasteiger partial charge is 0.242 e. The Bertz CT molecular complexity index is 1330. The Morgan fingerprint density at radius 1 is 0.896 bits per heavy atom. The van der Waals surface area contributed by atoms with Crippen LogP contribution in [0.5, 0.6) is 0 Å². The summed E-state index contributed by atoms with van der Waals surface area (Å²) >= 11 is 0. The third-order valence-electron chi connectivity index (χ3n) is 6.71. The van der Waals surface area contributed by atoms with Gasteiger partial charge in [0.15, 0.2) is 5.96 Å². The van der Waals surface area contributed by atoms with Crippen molar-refractivity contribution in [3.63, 3.8) is 0 Å². The van der Waals surface area contributed by atoms with E-state index in [9.17, 15) is 14.4 Å². The largest absolute Gasteiger partial charge is 0.370 e. The van der Waals surface area contributed by atoms with E-state index in [1.165, 1.54) is 16.0 Å². The highest BCUT2D eigenvalue weighted by molar-refractivity contribution is 5.88. The third kappa shape index (κ3) is 21.0. The summed E-state index contributed by atoms with van der Waals surface area (Å²) in [4.78, 5) is 39.7. The number of likely N-dealkylation sites (N-methyl/N-ethyl adjacent to an activating group) is 1. The zero-order chi connectivity index (χ0) is 36.0. The molecule has 1 atom stereocenters. The van der Waals surface area contributed by atoms with Crippen LogP contribution in [0.1, 0.15) is 56.2 Å². The lowest BCUT2D eigenvalue weighted by molar-refractivity contribution is -0.138. The molecule has 3 rings (SSSR count). The molecule has 262 valence electrons. The van der Waals surface area contributed by atoms with E-state index in [1.807, 2.05) is 106 Å². The number of hydrogen-bond donors (Lipinski definition) is 5. The first-order chi connectivity index (χ1) is 23.2. The molecule has 0 aliphatic rings. The van der Waals surface area contributed by atoms with Crippen LogP contribution in [0.4, 0.5) is 5.69 Å². The molecule has 0 radical (unpaired) electrons. The number of carbonyl (C=O) groups excluding carboxylic acids is 3. The molecule has 0 bridgehead atoms. The quantitative estimate of drug-likeness (QED) is 0.0654. The van der Waals surface area contributed by atoms with Crippen molar-refractivity contribution >= 4 is 29.7 Å². The van der Waals surface area contributed by atoms with Crippen LogP contribution in [0.25, 0.3) is 0 Å². The van der Waals surface area contributed by atoms with Gasteiger partial charge in [-0.1, -0.05) is 104 Å². The summed E-state index contributed by atoms with van der Waals surface area (Å²) in [6, 6.07) is 27.6. The number of para-hydroxylation sites is 1. The minimum Gasteiger partial charge on any atom is -0.370 e. The van der Waals surface area contributed by atoms with Gasteiger partial charge in [-0.3, -0.25) is 14.6 Å². The molecule has 1 unspecified atom stereocenters. The lowest BCUT2D eigenvalue weighted by Crippen LogP contribution is -2.49. The van der Waals surface area contributed by atoms with Crippen LogP contribution >= 0.6 is 0 Å². The average molecular weight is 660 g/mol. The van der Waals surface area contributed by atoms with Crippen molar-refractivity contribution in [2.75, 3.05) is 32.0 Å². The molecule has 8 N–H and O–H groups in total. The summed E-state index contributed by atoms with van der Waals surface area (Å²) in [6.45, 7) is 8.81. The number of anilines is 1. The SMILES string of the molecule is CC.Cc1ccccc1.Cc1ccccc1N/C=C/CCNC(=O)C(CCCN=C(N)N)N(C)C(=O)CN.O=CCCc1ccccc1. The molecule has 10 nitrogen and oxygen atoms in total. The van der Waals surface area contributed by atoms with Crippen LogP contribution in [0, 0.1) is 13.8 Å². The number of aliphatic imine (C=N–C) groups is 1. The van der Waals surface area contributed by atoms with Gasteiger partial charge in [0, 0.05) is 32.2 Å². The van der Waals surface area contributed by atoms with E-state index in [1.54, 1.807) is 7.05 Å². The topological polar surface area (TPSA) is 169 Å². The Balaban J connectivity index is 0.000000932. The molecule has 3 aromatic carbocycles. The van der Waals surface area contributed by atoms with Crippen molar-refractivity contribution in [3.8, 4) is 0 Å². The van der Waals surface area contributed by atoms with Crippen LogP contribution in [0.2, 0.25) is 0 Å². The number of aryl methyl sites for hydroxylation is 3. The molecule has 3 aromatic rings. The minimum absolute atomic E-state index is 0.00323. The van der Waals surface area contributed by atoms with E-state index in [-0.39, 0.29) is 24.3 Å². The molecule has 0 aromatic heterocycles. The van der Waals surface area contributed by atoms with Gasteiger partial charge in [0.2, 0.25) is 11.8 Å². The molecule has 0 heterocycles. The Labute approximate surface area is 287 Å². The summed E-state index contributed by atoms with van der Waals surface area (Å²) in [7, 11) is 1.58. The highest BCUT2D eigenvalue weighted by atomic mass is 16.2. The first-order valence-corrected chi connectivity index (χ1v) is 16.4. The molecular formula is C38H57N7O3. The highest BCUT2D eigenvalue weighted by Crippen LogP contribution is 2.13. The van der Waals surface area contributed by atoms with E-state index >= 15 is 0 Å². The van der Waals surface area contributed by atoms with Gasteiger partial charge in [0.1, 0.15) is 12.3 Å². The Morgan fingerprint density at radius 3 is 2.04 bits per heavy atom. The third-order valence-corrected chi connectivity index (χ3v) is 6.71. The number of nitrogens with one attached hydrogen (secondary N) is 2. The number of nitrogens with two attached hydrogens (primary N) is 3. The molecule has 0 aliphatic heterocycles. The lowest BCUT2D eigenvalue weighted by Gasteiger charge is -2.27. The van der Waals surface area contributed by atoms with Crippen molar-refractivity contribution < 1.29 is 14.4 Å². The lowest BCUT2D eigenvalue weighted by atomic mass is 10.1. The summed E-state index contributed by atoms with van der Waals surface area (Å²) in [5.41, 5.74) is 20.8. The zero-order valence-electron chi connectivity index (χ0n) is 29.4. The fourth-order valence-corrected chi connectivity index (χ4v) is 4.08. The van der Waals surface area contributed by atoms with Crippen molar-refractivity contribution in [1.82, 2.24) is 10.2 Å². The Hall–Kier alpha value is -4.96. The van der Waals surface area contributed by atoms with E-state index < -0.39 is 6.04 Å². The van der Waals surface area contributed by atoms with Crippen molar-refractivity contribution in [2.24, 2.45) is 22.2 Å². The number of hydrogen-bond acceptors (Lipinski definition) is 6. The molecular weight excluding hydrogens is 602 g/mol. The summed E-state index contributed by atoms with van der Waals surface area (Å²) in [5.74, 6) is -0.517. The van der Waals surface area contributed by atoms with Crippen molar-refractivity contribution in [3.05, 3.63) is 114 Å². The Morgan fingerprint density at radius 2 is 1.50 bits per heavy atom. The molecule has 48 heavy (non-hydrogen) atoms. The van der Waals surface area contributed by atoms with Gasteiger partial charge in [-0.05, 0) is 62.9 Å². The van der Waals surface area contributed by atoms with Crippen LogP contribution in [0.15, 0.2) is 102 Å². The fourth-order valence-electron chi connectivity index (χ4n) is 4.08. The summed E-state index contributed by atoms with van der Waals surface area (Å²) in [5, 5.41) is 6.08. The second-order valence-corrected chi connectivity index (χ2v) is 10.5. The zero-order valence-corrected chi connectivity index (χ0v) is 29.4. The van der Waals surface area contributed by atoms with E-state index in [4.69, 9.17) is 17.2 Å². The number of carbonyl (C=O) groups is 3. The fraction of sp³-hybridized carbons (Fsp3) is 0.368. The number of rotatable bonds is 15. The van der Waals surface area contributed by atoms with Crippen LogP contribution < -0.4 is 27.8 Å². The minimum atomic E-state index is -0.616. The normalized spacial score (nSPS) is 10.4. The molecule has 0 saturated carbocycles. The maximum absolute atomic E-state index is 12.6. The number of nitrogens with zero attached hydrogens (tertiary/aromatic N) is 2. The first kappa shape index (κ1) is 43.0. The van der Waals surface area contributed by atoms with E-state index in [0.717, 1.165) is 24.0 Å². The van der Waals surface area contributed by atoms with Gasteiger partial charge in [0.05, 0.1) is 6.54 Å². The Kier molecular flexibility index (Phi) is 25.4. The summed E-state index contributed by atoms with van der Waals surface area (Å²) < 4.78 is 0. The predicted molar refractivity (Wildman–Crippen MR) is 200 cm³/mol. The van der Waals surface area contributed by atoms with Gasteiger partial charge in [-0.2, -0.15) is 0 Å². The standard InChI is InChI=1S/C20H33N7O2.C9H10O.C7H8.C2H6/c1-15-8-3-4-9-16(15)24-11-5-6-12-25-19(29)17(27(2)18(28)14-21)10-7-13-26-20(22)23;10-8-4-7-9-5-2-1-3-6-9;1-7-5-3-2-4-6-7;1-2/h3-5,8-9,11,17,24H,6-7,10,12-14,21H2,1-2H3,(H,25,29)(H4,22,23,26);1-3,5-6,8H,4,7H2;2-6H,1H3;1-2H3/b11-5+;;;. The molecule has 0 spiro atoms. The highest BCUT2D eigenvalue weighted by Gasteiger charge is 2.25. The maximum atomic E-state index is 12.6. The number of amides is 2. The average Bonchev–Trinajstić information content (AvgIpc) is 3.11. The molecule has 0 fully saturated rings. The second kappa shape index (κ2) is 28.3. The van der Waals surface area contributed by atoms with E-state index in [2.05, 4.69) is 34.7 Å². The van der Waals surface area contributed by atoms with Crippen LogP contribution in [0.3, 0.4) is 0 Å². The van der Waals surface area contributed by atoms with Gasteiger partial charge in [-0.25, -0.2) is 0 Å². The van der Waals surface area contributed by atoms with Gasteiger partial charge < -0.3 is 37.5 Å². The number of guanidine groups is 1. The van der Waals surface area contributed by atoms with Crippen LogP contribution in [-0.4, -0.2) is 61.7 Å². The number of aldehydes is 1. The first-order valence-electron chi connectivity index (χ1n) is 16.4. The van der Waals surface area contributed by atoms with Gasteiger partial charge in [-0.15, -0.1) is 0 Å². The maximum Gasteiger partial charge on any atom is 0.242 e. The van der Waals surface area contributed by atoms with E-state index in [0.29, 0.717) is 38.8 Å². The molecule has 0 saturated heterocycles.